The van der Waals surface area contributed by atoms with Crippen LogP contribution in [0.2, 0.25) is 0 Å². The summed E-state index contributed by atoms with van der Waals surface area (Å²) in [4.78, 5) is 11.6. The molecule has 0 aromatic heterocycles. The smallest absolute Gasteiger partial charge is 0.305 e. The summed E-state index contributed by atoms with van der Waals surface area (Å²) in [7, 11) is -3.76. The first-order chi connectivity index (χ1) is 16.5. The van der Waals surface area contributed by atoms with Crippen molar-refractivity contribution in [2.24, 2.45) is 0 Å². The molecule has 0 aliphatic carbocycles. The van der Waals surface area contributed by atoms with E-state index in [9.17, 15) is 13.2 Å². The first kappa shape index (κ1) is 30.5. The summed E-state index contributed by atoms with van der Waals surface area (Å²) in [6.07, 6.45) is 4.70. The molecule has 0 fully saturated rings. The van der Waals surface area contributed by atoms with Crippen LogP contribution in [0.4, 0.5) is 0 Å². The normalized spacial score (nSPS) is 11.6. The van der Waals surface area contributed by atoms with Gasteiger partial charge >= 0.3 is 5.97 Å². The molecule has 0 radical (unpaired) electrons. The first-order valence-corrected chi connectivity index (χ1v) is 13.3. The molecule has 0 aliphatic rings. The van der Waals surface area contributed by atoms with Gasteiger partial charge in [-0.2, -0.15) is 8.42 Å². The molecule has 0 atom stereocenters. The second kappa shape index (κ2) is 19.7. The van der Waals surface area contributed by atoms with Gasteiger partial charge in [0.25, 0.3) is 10.1 Å². The van der Waals surface area contributed by atoms with Crippen LogP contribution in [0.15, 0.2) is 29.2 Å². The first-order valence-electron chi connectivity index (χ1n) is 11.9. The van der Waals surface area contributed by atoms with E-state index in [1.807, 2.05) is 6.92 Å². The molecule has 0 unspecified atom stereocenters. The van der Waals surface area contributed by atoms with Gasteiger partial charge in [0.2, 0.25) is 0 Å². The second-order valence-corrected chi connectivity index (χ2v) is 9.19. The molecule has 10 heteroatoms. The zero-order valence-corrected chi connectivity index (χ0v) is 21.3. The Kier molecular flexibility index (Phi) is 17.7. The Labute approximate surface area is 204 Å². The quantitative estimate of drug-likeness (QED) is 0.134. The molecule has 196 valence electrons. The van der Waals surface area contributed by atoms with E-state index in [1.165, 1.54) is 12.1 Å². The van der Waals surface area contributed by atoms with Gasteiger partial charge in [-0.25, -0.2) is 0 Å². The van der Waals surface area contributed by atoms with Gasteiger partial charge in [0.05, 0.1) is 64.4 Å². The molecule has 0 N–H and O–H groups in total. The van der Waals surface area contributed by atoms with Crippen LogP contribution in [-0.2, 0) is 42.8 Å². The number of ether oxygens (including phenoxy) is 5. The number of benzene rings is 1. The minimum atomic E-state index is -3.76. The number of rotatable bonds is 22. The fourth-order valence-corrected chi connectivity index (χ4v) is 3.61. The van der Waals surface area contributed by atoms with Gasteiger partial charge < -0.3 is 23.7 Å². The van der Waals surface area contributed by atoms with Crippen LogP contribution in [0.5, 0.6) is 0 Å². The van der Waals surface area contributed by atoms with E-state index in [1.54, 1.807) is 12.1 Å². The highest BCUT2D eigenvalue weighted by Gasteiger charge is 2.14. The van der Waals surface area contributed by atoms with Crippen molar-refractivity contribution in [2.45, 2.75) is 50.8 Å². The molecule has 1 aromatic carbocycles. The van der Waals surface area contributed by atoms with Crippen molar-refractivity contribution >= 4 is 16.1 Å². The van der Waals surface area contributed by atoms with Gasteiger partial charge in [-0.1, -0.05) is 43.9 Å². The SMILES string of the molecule is CCCCCCC(=O)OCCOCCOCCOCCOCCOS(=O)(=O)c1ccc(C)cc1. The summed E-state index contributed by atoms with van der Waals surface area (Å²) in [5, 5.41) is 0. The Balaban J connectivity index is 1.82. The van der Waals surface area contributed by atoms with Crippen molar-refractivity contribution in [3.8, 4) is 0 Å². The molecular weight excluding hydrogens is 464 g/mol. The summed E-state index contributed by atoms with van der Waals surface area (Å²) in [5.41, 5.74) is 0.976. The minimum Gasteiger partial charge on any atom is -0.463 e. The summed E-state index contributed by atoms with van der Waals surface area (Å²) >= 11 is 0. The summed E-state index contributed by atoms with van der Waals surface area (Å²) in [6, 6.07) is 6.47. The molecule has 0 spiro atoms. The fourth-order valence-electron chi connectivity index (χ4n) is 2.72. The van der Waals surface area contributed by atoms with E-state index in [2.05, 4.69) is 6.92 Å². The molecule has 1 rings (SSSR count). The molecule has 0 bridgehead atoms. The zero-order valence-electron chi connectivity index (χ0n) is 20.5. The topological polar surface area (TPSA) is 107 Å². The number of unbranched alkanes of at least 4 members (excludes halogenated alkanes) is 3. The standard InChI is InChI=1S/C24H40O9S/c1-3-4-5-6-7-24(25)32-20-18-30-16-14-28-12-13-29-15-17-31-19-21-33-34(26,27)23-10-8-22(2)9-11-23/h8-11H,3-7,12-21H2,1-2H3. The Bertz CT molecular complexity index is 735. The molecule has 9 nitrogen and oxygen atoms in total. The Hall–Kier alpha value is -1.56. The number of hydrogen-bond donors (Lipinski definition) is 0. The number of carbonyl (C=O) groups is 1. The van der Waals surface area contributed by atoms with E-state index in [0.717, 1.165) is 31.2 Å². The van der Waals surface area contributed by atoms with Crippen LogP contribution >= 0.6 is 0 Å². The van der Waals surface area contributed by atoms with E-state index in [-0.39, 0.29) is 30.7 Å². The lowest BCUT2D eigenvalue weighted by atomic mass is 10.2. The average Bonchev–Trinajstić information content (AvgIpc) is 2.82. The number of carbonyl (C=O) groups excluding carboxylic acids is 1. The van der Waals surface area contributed by atoms with Crippen molar-refractivity contribution in [3.05, 3.63) is 29.8 Å². The molecule has 0 aliphatic heterocycles. The van der Waals surface area contributed by atoms with E-state index < -0.39 is 10.1 Å². The van der Waals surface area contributed by atoms with Gasteiger partial charge in [0, 0.05) is 6.42 Å². The molecule has 0 saturated heterocycles. The highest BCUT2D eigenvalue weighted by Crippen LogP contribution is 2.12. The third-order valence-electron chi connectivity index (χ3n) is 4.62. The van der Waals surface area contributed by atoms with Crippen LogP contribution < -0.4 is 0 Å². The van der Waals surface area contributed by atoms with Crippen LogP contribution in [0.25, 0.3) is 0 Å². The summed E-state index contributed by atoms with van der Waals surface area (Å²) < 4.78 is 55.5. The van der Waals surface area contributed by atoms with Gasteiger partial charge in [-0.05, 0) is 25.5 Å². The van der Waals surface area contributed by atoms with Crippen LogP contribution in [0.3, 0.4) is 0 Å². The summed E-state index contributed by atoms with van der Waals surface area (Å²) in [6.45, 7) is 7.11. The third kappa shape index (κ3) is 16.1. The van der Waals surface area contributed by atoms with E-state index >= 15 is 0 Å². The predicted octanol–water partition coefficient (Wildman–Crippen LogP) is 3.28. The lowest BCUT2D eigenvalue weighted by molar-refractivity contribution is -0.145. The van der Waals surface area contributed by atoms with Crippen LogP contribution in [-0.4, -0.2) is 80.5 Å². The maximum atomic E-state index is 12.0. The second-order valence-electron chi connectivity index (χ2n) is 7.57. The molecule has 0 amide bonds. The van der Waals surface area contributed by atoms with Crippen molar-refractivity contribution in [3.63, 3.8) is 0 Å². The molecule has 0 saturated carbocycles. The highest BCUT2D eigenvalue weighted by atomic mass is 32.2. The Morgan fingerprint density at radius 2 is 1.21 bits per heavy atom. The van der Waals surface area contributed by atoms with Gasteiger partial charge in [-0.15, -0.1) is 0 Å². The number of hydrogen-bond acceptors (Lipinski definition) is 9. The average molecular weight is 505 g/mol. The van der Waals surface area contributed by atoms with Crippen LogP contribution in [0, 0.1) is 6.92 Å². The Morgan fingerprint density at radius 3 is 1.74 bits per heavy atom. The van der Waals surface area contributed by atoms with Gasteiger partial charge in [0.15, 0.2) is 0 Å². The lowest BCUT2D eigenvalue weighted by Gasteiger charge is -2.08. The molecule has 0 heterocycles. The minimum absolute atomic E-state index is 0.0581. The van der Waals surface area contributed by atoms with E-state index in [4.69, 9.17) is 27.9 Å². The van der Waals surface area contributed by atoms with Gasteiger partial charge in [0.1, 0.15) is 6.61 Å². The number of aryl methyl sites for hydroxylation is 1. The van der Waals surface area contributed by atoms with E-state index in [0.29, 0.717) is 52.7 Å². The Morgan fingerprint density at radius 1 is 0.706 bits per heavy atom. The highest BCUT2D eigenvalue weighted by molar-refractivity contribution is 7.86. The van der Waals surface area contributed by atoms with Gasteiger partial charge in [-0.3, -0.25) is 8.98 Å². The zero-order chi connectivity index (χ0) is 24.9. The maximum Gasteiger partial charge on any atom is 0.305 e. The largest absolute Gasteiger partial charge is 0.463 e. The third-order valence-corrected chi connectivity index (χ3v) is 5.94. The molecule has 34 heavy (non-hydrogen) atoms. The van der Waals surface area contributed by atoms with Crippen LogP contribution in [0.1, 0.15) is 44.6 Å². The maximum absolute atomic E-state index is 12.0. The van der Waals surface area contributed by atoms with Crippen molar-refractivity contribution in [2.75, 3.05) is 66.1 Å². The lowest BCUT2D eigenvalue weighted by Crippen LogP contribution is -2.15. The monoisotopic (exact) mass is 504 g/mol. The predicted molar refractivity (Wildman–Crippen MR) is 127 cm³/mol. The van der Waals surface area contributed by atoms with Crippen molar-refractivity contribution in [1.29, 1.82) is 0 Å². The summed E-state index contributed by atoms with van der Waals surface area (Å²) in [5.74, 6) is -0.170. The number of esters is 1. The molecular formula is C24H40O9S. The fraction of sp³-hybridized carbons (Fsp3) is 0.708. The van der Waals surface area contributed by atoms with Crippen molar-refractivity contribution < 1.29 is 41.1 Å². The van der Waals surface area contributed by atoms with Crippen molar-refractivity contribution in [1.82, 2.24) is 0 Å². The molecule has 1 aromatic rings.